The summed E-state index contributed by atoms with van der Waals surface area (Å²) in [6, 6.07) is 6.30. The van der Waals surface area contributed by atoms with Crippen LogP contribution < -0.4 is 0 Å². The van der Waals surface area contributed by atoms with Crippen molar-refractivity contribution in [3.8, 4) is 0 Å². The lowest BCUT2D eigenvalue weighted by atomic mass is 10.1. The smallest absolute Gasteiger partial charge is 0.0515 e. The molecular formula is C11H15BrO. The Morgan fingerprint density at radius 2 is 2.15 bits per heavy atom. The molecule has 72 valence electrons. The van der Waals surface area contributed by atoms with Gasteiger partial charge in [-0.2, -0.15) is 0 Å². The zero-order chi connectivity index (χ0) is 9.84. The summed E-state index contributed by atoms with van der Waals surface area (Å²) in [7, 11) is 0. The predicted molar refractivity (Wildman–Crippen MR) is 58.9 cm³/mol. The van der Waals surface area contributed by atoms with Crippen LogP contribution in [-0.2, 0) is 6.42 Å². The van der Waals surface area contributed by atoms with E-state index in [0.717, 1.165) is 17.3 Å². The molecule has 0 amide bonds. The van der Waals surface area contributed by atoms with Crippen molar-refractivity contribution in [2.75, 3.05) is 0 Å². The highest BCUT2D eigenvalue weighted by Crippen LogP contribution is 2.19. The molecule has 0 radical (unpaired) electrons. The molecule has 0 heterocycles. The van der Waals surface area contributed by atoms with E-state index in [2.05, 4.69) is 41.1 Å². The van der Waals surface area contributed by atoms with Crippen LogP contribution in [0.25, 0.3) is 0 Å². The van der Waals surface area contributed by atoms with Crippen molar-refractivity contribution in [3.05, 3.63) is 33.8 Å². The van der Waals surface area contributed by atoms with Crippen LogP contribution in [0.5, 0.6) is 0 Å². The van der Waals surface area contributed by atoms with E-state index in [1.807, 2.05) is 6.92 Å². The van der Waals surface area contributed by atoms with Crippen LogP contribution in [0.15, 0.2) is 22.7 Å². The zero-order valence-electron chi connectivity index (χ0n) is 8.05. The Morgan fingerprint density at radius 1 is 1.46 bits per heavy atom. The quantitative estimate of drug-likeness (QED) is 0.864. The molecule has 2 heteroatoms. The van der Waals surface area contributed by atoms with Crippen molar-refractivity contribution in [1.29, 1.82) is 0 Å². The lowest BCUT2D eigenvalue weighted by Crippen LogP contribution is -2.01. The van der Waals surface area contributed by atoms with E-state index >= 15 is 0 Å². The highest BCUT2D eigenvalue weighted by atomic mass is 79.9. The van der Waals surface area contributed by atoms with Crippen molar-refractivity contribution in [2.24, 2.45) is 0 Å². The minimum absolute atomic E-state index is 0.215. The molecule has 0 unspecified atom stereocenters. The second-order valence-electron chi connectivity index (χ2n) is 3.48. The van der Waals surface area contributed by atoms with Crippen LogP contribution in [0.3, 0.4) is 0 Å². The van der Waals surface area contributed by atoms with Gasteiger partial charge in [0.05, 0.1) is 6.10 Å². The molecule has 0 fully saturated rings. The number of halogens is 1. The summed E-state index contributed by atoms with van der Waals surface area (Å²) < 4.78 is 1.14. The predicted octanol–water partition coefficient (Wildman–Crippen LogP) is 3.07. The molecule has 0 aromatic heterocycles. The molecule has 1 N–H and O–H groups in total. The largest absolute Gasteiger partial charge is 0.393 e. The molecule has 0 aliphatic carbocycles. The molecule has 1 aromatic rings. The summed E-state index contributed by atoms with van der Waals surface area (Å²) >= 11 is 3.50. The fourth-order valence-electron chi connectivity index (χ4n) is 1.26. The minimum atomic E-state index is -0.215. The molecule has 1 nitrogen and oxygen atoms in total. The molecule has 0 spiro atoms. The minimum Gasteiger partial charge on any atom is -0.393 e. The maximum absolute atomic E-state index is 9.16. The summed E-state index contributed by atoms with van der Waals surface area (Å²) in [6.45, 7) is 3.90. The summed E-state index contributed by atoms with van der Waals surface area (Å²) in [5.74, 6) is 0. The van der Waals surface area contributed by atoms with Crippen LogP contribution in [0, 0.1) is 6.92 Å². The lowest BCUT2D eigenvalue weighted by Gasteiger charge is -2.07. The molecule has 1 rings (SSSR count). The fraction of sp³-hybridized carbons (Fsp3) is 0.455. The number of hydrogen-bond acceptors (Lipinski definition) is 1. The third-order valence-electron chi connectivity index (χ3n) is 2.03. The molecule has 1 aromatic carbocycles. The first-order valence-electron chi connectivity index (χ1n) is 4.52. The molecule has 1 atom stereocenters. The SMILES string of the molecule is Cc1ccc(Br)c(CC[C@H](C)O)c1. The van der Waals surface area contributed by atoms with E-state index in [1.54, 1.807) is 0 Å². The number of rotatable bonds is 3. The average molecular weight is 243 g/mol. The maximum atomic E-state index is 9.16. The molecule has 13 heavy (non-hydrogen) atoms. The molecule has 0 aliphatic heterocycles. The molecule has 0 saturated carbocycles. The van der Waals surface area contributed by atoms with Crippen molar-refractivity contribution in [3.63, 3.8) is 0 Å². The zero-order valence-corrected chi connectivity index (χ0v) is 9.63. The second kappa shape index (κ2) is 4.77. The number of benzene rings is 1. The highest BCUT2D eigenvalue weighted by Gasteiger charge is 2.02. The average Bonchev–Trinajstić information content (AvgIpc) is 2.06. The van der Waals surface area contributed by atoms with Crippen LogP contribution in [0.1, 0.15) is 24.5 Å². The first-order valence-corrected chi connectivity index (χ1v) is 5.32. The third-order valence-corrected chi connectivity index (χ3v) is 2.81. The molecule has 0 aliphatic rings. The first-order chi connectivity index (χ1) is 6.09. The van der Waals surface area contributed by atoms with Crippen LogP contribution >= 0.6 is 15.9 Å². The van der Waals surface area contributed by atoms with Gasteiger partial charge in [-0.15, -0.1) is 0 Å². The van der Waals surface area contributed by atoms with Gasteiger partial charge in [0.1, 0.15) is 0 Å². The van der Waals surface area contributed by atoms with E-state index in [0.29, 0.717) is 0 Å². The van der Waals surface area contributed by atoms with E-state index in [-0.39, 0.29) is 6.10 Å². The van der Waals surface area contributed by atoms with Gasteiger partial charge in [0.2, 0.25) is 0 Å². The van der Waals surface area contributed by atoms with E-state index in [9.17, 15) is 0 Å². The van der Waals surface area contributed by atoms with Crippen LogP contribution in [-0.4, -0.2) is 11.2 Å². The van der Waals surface area contributed by atoms with E-state index in [1.165, 1.54) is 11.1 Å². The number of aliphatic hydroxyl groups excluding tert-OH is 1. The van der Waals surface area contributed by atoms with E-state index in [4.69, 9.17) is 5.11 Å². The summed E-state index contributed by atoms with van der Waals surface area (Å²) in [6.07, 6.45) is 1.54. The van der Waals surface area contributed by atoms with Gasteiger partial charge in [0, 0.05) is 4.47 Å². The Bertz CT molecular complexity index is 281. The van der Waals surface area contributed by atoms with Crippen molar-refractivity contribution < 1.29 is 5.11 Å². The topological polar surface area (TPSA) is 20.2 Å². The molecular weight excluding hydrogens is 228 g/mol. The van der Waals surface area contributed by atoms with E-state index < -0.39 is 0 Å². The van der Waals surface area contributed by atoms with Gasteiger partial charge in [-0.25, -0.2) is 0 Å². The van der Waals surface area contributed by atoms with Gasteiger partial charge in [-0.05, 0) is 38.3 Å². The Labute approximate surface area is 87.9 Å². The third kappa shape index (κ3) is 3.49. The normalized spacial score (nSPS) is 12.9. The molecule has 0 bridgehead atoms. The molecule has 0 saturated heterocycles. The Balaban J connectivity index is 2.70. The van der Waals surface area contributed by atoms with Crippen LogP contribution in [0.4, 0.5) is 0 Å². The Morgan fingerprint density at radius 3 is 2.77 bits per heavy atom. The summed E-state index contributed by atoms with van der Waals surface area (Å²) in [5, 5.41) is 9.16. The number of hydrogen-bond donors (Lipinski definition) is 1. The number of aliphatic hydroxyl groups is 1. The second-order valence-corrected chi connectivity index (χ2v) is 4.34. The first kappa shape index (κ1) is 10.7. The van der Waals surface area contributed by atoms with Crippen molar-refractivity contribution in [1.82, 2.24) is 0 Å². The maximum Gasteiger partial charge on any atom is 0.0515 e. The van der Waals surface area contributed by atoms with Gasteiger partial charge in [0.15, 0.2) is 0 Å². The Kier molecular flexibility index (Phi) is 3.94. The Hall–Kier alpha value is -0.340. The lowest BCUT2D eigenvalue weighted by molar-refractivity contribution is 0.185. The van der Waals surface area contributed by atoms with Gasteiger partial charge < -0.3 is 5.11 Å². The number of aryl methyl sites for hydroxylation is 2. The highest BCUT2D eigenvalue weighted by molar-refractivity contribution is 9.10. The van der Waals surface area contributed by atoms with Gasteiger partial charge in [-0.3, -0.25) is 0 Å². The monoisotopic (exact) mass is 242 g/mol. The fourth-order valence-corrected chi connectivity index (χ4v) is 1.70. The standard InChI is InChI=1S/C11H15BrO/c1-8-3-6-11(12)10(7-8)5-4-9(2)13/h3,6-7,9,13H,4-5H2,1-2H3/t9-/m0/s1. The van der Waals surface area contributed by atoms with Gasteiger partial charge >= 0.3 is 0 Å². The summed E-state index contributed by atoms with van der Waals surface area (Å²) in [5.41, 5.74) is 2.55. The van der Waals surface area contributed by atoms with Gasteiger partial charge in [-0.1, -0.05) is 33.6 Å². The van der Waals surface area contributed by atoms with Crippen molar-refractivity contribution in [2.45, 2.75) is 32.8 Å². The van der Waals surface area contributed by atoms with Crippen LogP contribution in [0.2, 0.25) is 0 Å². The van der Waals surface area contributed by atoms with Crippen molar-refractivity contribution >= 4 is 15.9 Å². The summed E-state index contributed by atoms with van der Waals surface area (Å²) in [4.78, 5) is 0. The van der Waals surface area contributed by atoms with Gasteiger partial charge in [0.25, 0.3) is 0 Å².